The third kappa shape index (κ3) is 11.2. The Kier molecular flexibility index (Phi) is 14.1. The number of likely N-dealkylation sites (N-methyl/N-ethyl adjacent to an activating group) is 1. The normalized spacial score (nSPS) is 17.6. The number of amides is 2. The van der Waals surface area contributed by atoms with Crippen molar-refractivity contribution in [1.29, 1.82) is 0 Å². The average Bonchev–Trinajstić information content (AvgIpc) is 3.21. The van der Waals surface area contributed by atoms with E-state index in [0.717, 1.165) is 54.5 Å². The number of unbranched alkanes of at least 4 members (excludes halogenated alkanes) is 3. The smallest absolute Gasteiger partial charge is 0.224 e. The van der Waals surface area contributed by atoms with Crippen LogP contribution in [0.15, 0.2) is 115 Å². The molecular formula is C46H54N4O5. The standard InChI is InChI=1S/C46H54N4O5/c1-32(38-26-25-35-11-7-8-12-39(35)27-38)50(2)30-40-28-43(36-21-19-34(31-51)20-22-36)55-46(54-40)37-23-17-33(18-24-37)29-48-44(52)15-5-3-4-6-16-45(53)49-42-14-10-9-13-41(42)47/h7-14,17-27,32,40,43,46,51H,3-6,15-16,28-31,47H2,1-2H3,(H,48,52)(H,49,53)/t32-,40+,43-,46-/m1/s1. The maximum Gasteiger partial charge on any atom is 0.224 e. The minimum atomic E-state index is -0.558. The van der Waals surface area contributed by atoms with Crippen LogP contribution in [0.4, 0.5) is 11.4 Å². The first-order valence-corrected chi connectivity index (χ1v) is 19.4. The molecule has 6 rings (SSSR count). The Morgan fingerprint density at radius 3 is 2.16 bits per heavy atom. The molecule has 1 fully saturated rings. The van der Waals surface area contributed by atoms with Gasteiger partial charge < -0.3 is 30.9 Å². The van der Waals surface area contributed by atoms with Crippen molar-refractivity contribution in [3.05, 3.63) is 143 Å². The van der Waals surface area contributed by atoms with Gasteiger partial charge in [0, 0.05) is 44.0 Å². The minimum absolute atomic E-state index is 0.00157. The summed E-state index contributed by atoms with van der Waals surface area (Å²) in [6, 6.07) is 38.5. The molecule has 1 saturated heterocycles. The quantitative estimate of drug-likeness (QED) is 0.0555. The summed E-state index contributed by atoms with van der Waals surface area (Å²) in [4.78, 5) is 27.2. The number of hydrogen-bond acceptors (Lipinski definition) is 7. The van der Waals surface area contributed by atoms with Crippen LogP contribution in [-0.2, 0) is 32.2 Å². The van der Waals surface area contributed by atoms with E-state index in [-0.39, 0.29) is 36.7 Å². The number of nitrogens with two attached hydrogens (primary N) is 1. The summed E-state index contributed by atoms with van der Waals surface area (Å²) in [5.74, 6) is -0.0354. The van der Waals surface area contributed by atoms with Gasteiger partial charge in [-0.3, -0.25) is 14.5 Å². The highest BCUT2D eigenvalue weighted by molar-refractivity contribution is 5.93. The topological polar surface area (TPSA) is 126 Å². The van der Waals surface area contributed by atoms with Gasteiger partial charge in [-0.05, 0) is 78.0 Å². The number of benzene rings is 5. The fourth-order valence-electron chi connectivity index (χ4n) is 7.06. The molecule has 0 bridgehead atoms. The van der Waals surface area contributed by atoms with E-state index >= 15 is 0 Å². The van der Waals surface area contributed by atoms with E-state index in [4.69, 9.17) is 15.2 Å². The molecule has 55 heavy (non-hydrogen) atoms. The first-order valence-electron chi connectivity index (χ1n) is 19.4. The molecular weight excluding hydrogens is 689 g/mol. The van der Waals surface area contributed by atoms with E-state index in [1.54, 1.807) is 12.1 Å². The Bertz CT molecular complexity index is 2000. The van der Waals surface area contributed by atoms with E-state index in [1.807, 2.05) is 60.7 Å². The Balaban J connectivity index is 0.987. The van der Waals surface area contributed by atoms with Crippen LogP contribution >= 0.6 is 0 Å². The highest BCUT2D eigenvalue weighted by Gasteiger charge is 2.33. The van der Waals surface area contributed by atoms with E-state index in [9.17, 15) is 14.7 Å². The fourth-order valence-corrected chi connectivity index (χ4v) is 7.06. The van der Waals surface area contributed by atoms with Crippen molar-refractivity contribution in [1.82, 2.24) is 10.2 Å². The van der Waals surface area contributed by atoms with E-state index in [2.05, 4.69) is 72.0 Å². The Labute approximate surface area is 324 Å². The molecule has 0 aliphatic carbocycles. The van der Waals surface area contributed by atoms with E-state index < -0.39 is 6.29 Å². The lowest BCUT2D eigenvalue weighted by molar-refractivity contribution is -0.253. The summed E-state index contributed by atoms with van der Waals surface area (Å²) in [5, 5.41) is 18.0. The van der Waals surface area contributed by atoms with Crippen molar-refractivity contribution in [3.8, 4) is 0 Å². The van der Waals surface area contributed by atoms with Gasteiger partial charge in [0.05, 0.1) is 30.2 Å². The molecule has 288 valence electrons. The first-order chi connectivity index (χ1) is 26.7. The zero-order valence-corrected chi connectivity index (χ0v) is 32.0. The zero-order valence-electron chi connectivity index (χ0n) is 32.0. The number of aliphatic hydroxyl groups is 1. The number of ether oxygens (including phenoxy) is 2. The van der Waals surface area contributed by atoms with E-state index in [1.165, 1.54) is 16.3 Å². The van der Waals surface area contributed by atoms with Crippen LogP contribution in [-0.4, -0.2) is 41.5 Å². The third-order valence-electron chi connectivity index (χ3n) is 10.6. The average molecular weight is 743 g/mol. The zero-order chi connectivity index (χ0) is 38.6. The van der Waals surface area contributed by atoms with Gasteiger partial charge in [0.1, 0.15) is 0 Å². The number of nitrogens with zero attached hydrogens (tertiary/aromatic N) is 1. The second-order valence-corrected chi connectivity index (χ2v) is 14.6. The van der Waals surface area contributed by atoms with Gasteiger partial charge in [-0.15, -0.1) is 0 Å². The predicted molar refractivity (Wildman–Crippen MR) is 219 cm³/mol. The molecule has 0 saturated carbocycles. The number of anilines is 2. The summed E-state index contributed by atoms with van der Waals surface area (Å²) in [5.41, 5.74) is 12.2. The Morgan fingerprint density at radius 1 is 0.782 bits per heavy atom. The van der Waals surface area contributed by atoms with Crippen LogP contribution in [0, 0.1) is 0 Å². The number of aliphatic hydroxyl groups excluding tert-OH is 1. The number of hydrogen-bond donors (Lipinski definition) is 4. The van der Waals surface area contributed by atoms with Crippen molar-refractivity contribution >= 4 is 34.0 Å². The molecule has 2 amide bonds. The molecule has 0 unspecified atom stereocenters. The van der Waals surface area contributed by atoms with Crippen LogP contribution in [0.2, 0.25) is 0 Å². The number of nitrogens with one attached hydrogen (secondary N) is 2. The maximum atomic E-state index is 12.6. The minimum Gasteiger partial charge on any atom is -0.397 e. The van der Waals surface area contributed by atoms with Gasteiger partial charge >= 0.3 is 0 Å². The van der Waals surface area contributed by atoms with Crippen LogP contribution in [0.1, 0.15) is 98.1 Å². The molecule has 9 nitrogen and oxygen atoms in total. The lowest BCUT2D eigenvalue weighted by atomic mass is 9.98. The van der Waals surface area contributed by atoms with Crippen molar-refractivity contribution < 1.29 is 24.2 Å². The number of carbonyl (C=O) groups excluding carboxylic acids is 2. The first kappa shape index (κ1) is 39.6. The summed E-state index contributed by atoms with van der Waals surface area (Å²) in [7, 11) is 2.15. The lowest BCUT2D eigenvalue weighted by Crippen LogP contribution is -2.38. The maximum absolute atomic E-state index is 12.6. The number of nitrogen functional groups attached to an aromatic ring is 1. The number of rotatable bonds is 17. The molecule has 0 radical (unpaired) electrons. The van der Waals surface area contributed by atoms with Crippen LogP contribution in [0.3, 0.4) is 0 Å². The molecule has 0 aromatic heterocycles. The van der Waals surface area contributed by atoms with Crippen molar-refractivity contribution in [3.63, 3.8) is 0 Å². The fraction of sp³-hybridized carbons (Fsp3) is 0.348. The predicted octanol–water partition coefficient (Wildman–Crippen LogP) is 8.75. The van der Waals surface area contributed by atoms with Gasteiger partial charge in [-0.1, -0.05) is 110 Å². The van der Waals surface area contributed by atoms with Crippen molar-refractivity contribution in [2.24, 2.45) is 0 Å². The lowest BCUT2D eigenvalue weighted by Gasteiger charge is -2.39. The molecule has 1 aliphatic heterocycles. The summed E-state index contributed by atoms with van der Waals surface area (Å²) in [6.07, 6.45) is 4.06. The summed E-state index contributed by atoms with van der Waals surface area (Å²) >= 11 is 0. The second-order valence-electron chi connectivity index (χ2n) is 14.6. The molecule has 1 heterocycles. The third-order valence-corrected chi connectivity index (χ3v) is 10.6. The SMILES string of the molecule is C[C@H](c1ccc2ccccc2c1)N(C)C[C@@H]1C[C@H](c2ccc(CO)cc2)O[C@H](c2ccc(CNC(=O)CCCCCCC(=O)Nc3ccccc3N)cc2)O1. The monoisotopic (exact) mass is 742 g/mol. The van der Waals surface area contributed by atoms with Gasteiger partial charge in [0.25, 0.3) is 0 Å². The van der Waals surface area contributed by atoms with Gasteiger partial charge in [-0.2, -0.15) is 0 Å². The van der Waals surface area contributed by atoms with Gasteiger partial charge in [0.15, 0.2) is 6.29 Å². The largest absolute Gasteiger partial charge is 0.397 e. The van der Waals surface area contributed by atoms with Crippen molar-refractivity contribution in [2.75, 3.05) is 24.6 Å². The Hall–Kier alpha value is -5.06. The highest BCUT2D eigenvalue weighted by atomic mass is 16.7. The van der Waals surface area contributed by atoms with Gasteiger partial charge in [-0.25, -0.2) is 0 Å². The Morgan fingerprint density at radius 2 is 1.44 bits per heavy atom. The molecule has 9 heteroatoms. The number of fused-ring (bicyclic) bond motifs is 1. The molecule has 5 N–H and O–H groups in total. The van der Waals surface area contributed by atoms with Crippen LogP contribution < -0.4 is 16.4 Å². The molecule has 5 aromatic carbocycles. The molecule has 0 spiro atoms. The summed E-state index contributed by atoms with van der Waals surface area (Å²) in [6.45, 7) is 3.40. The van der Waals surface area contributed by atoms with Crippen LogP contribution in [0.5, 0.6) is 0 Å². The van der Waals surface area contributed by atoms with E-state index in [0.29, 0.717) is 37.2 Å². The van der Waals surface area contributed by atoms with Crippen molar-refractivity contribution in [2.45, 2.75) is 89.6 Å². The van der Waals surface area contributed by atoms with Gasteiger partial charge in [0.2, 0.25) is 11.8 Å². The molecule has 1 aliphatic rings. The molecule has 5 aromatic rings. The highest BCUT2D eigenvalue weighted by Crippen LogP contribution is 2.39. The number of carbonyl (C=O) groups is 2. The molecule has 4 atom stereocenters. The number of para-hydroxylation sites is 2. The second kappa shape index (κ2) is 19.5. The summed E-state index contributed by atoms with van der Waals surface area (Å²) < 4.78 is 13.2. The van der Waals surface area contributed by atoms with Crippen LogP contribution in [0.25, 0.3) is 10.8 Å².